The molecule has 0 aliphatic carbocycles. The summed E-state index contributed by atoms with van der Waals surface area (Å²) in [5.41, 5.74) is 2.68. The van der Waals surface area contributed by atoms with E-state index in [0.29, 0.717) is 19.3 Å². The van der Waals surface area contributed by atoms with Gasteiger partial charge in [-0.25, -0.2) is 0 Å². The molecule has 4 rings (SSSR count). The van der Waals surface area contributed by atoms with Crippen molar-refractivity contribution in [2.45, 2.75) is 38.8 Å². The van der Waals surface area contributed by atoms with Crippen LogP contribution in [0.3, 0.4) is 0 Å². The highest BCUT2D eigenvalue weighted by Crippen LogP contribution is 2.34. The standard InChI is InChI=1S/C20H30N2O3/c1-16-12-19-20(25-11-10-24-19)13-17(16)14-22-5-3-2-4-18(22)15-21-6-8-23-9-7-21/h12-13,18H,2-11,14-15H2,1H3/t18-/m0/s1. The molecule has 3 aliphatic heterocycles. The largest absolute Gasteiger partial charge is 0.486 e. The molecule has 25 heavy (non-hydrogen) atoms. The summed E-state index contributed by atoms with van der Waals surface area (Å²) in [5.74, 6) is 1.81. The van der Waals surface area contributed by atoms with E-state index in [-0.39, 0.29) is 0 Å². The summed E-state index contributed by atoms with van der Waals surface area (Å²) in [4.78, 5) is 5.25. The van der Waals surface area contributed by atoms with Crippen LogP contribution in [0.4, 0.5) is 0 Å². The minimum atomic E-state index is 0.652. The second-order valence-corrected chi connectivity index (χ2v) is 7.46. The Kier molecular flexibility index (Phi) is 5.44. The average molecular weight is 346 g/mol. The third-order valence-corrected chi connectivity index (χ3v) is 5.70. The van der Waals surface area contributed by atoms with Crippen LogP contribution >= 0.6 is 0 Å². The Bertz CT molecular complexity index is 587. The smallest absolute Gasteiger partial charge is 0.161 e. The number of nitrogens with zero attached hydrogens (tertiary/aromatic N) is 2. The highest BCUT2D eigenvalue weighted by molar-refractivity contribution is 5.47. The first-order chi connectivity index (χ1) is 12.3. The molecule has 0 aromatic heterocycles. The number of ether oxygens (including phenoxy) is 3. The van der Waals surface area contributed by atoms with Crippen molar-refractivity contribution < 1.29 is 14.2 Å². The Morgan fingerprint density at radius 3 is 2.52 bits per heavy atom. The van der Waals surface area contributed by atoms with Crippen molar-refractivity contribution in [3.63, 3.8) is 0 Å². The molecular formula is C20H30N2O3. The lowest BCUT2D eigenvalue weighted by molar-refractivity contribution is 0.0152. The van der Waals surface area contributed by atoms with Crippen molar-refractivity contribution in [1.82, 2.24) is 9.80 Å². The summed E-state index contributed by atoms with van der Waals surface area (Å²) >= 11 is 0. The molecule has 0 amide bonds. The summed E-state index contributed by atoms with van der Waals surface area (Å²) < 4.78 is 17.0. The first kappa shape index (κ1) is 17.1. The molecule has 3 aliphatic rings. The maximum atomic E-state index is 5.79. The molecule has 1 aromatic carbocycles. The number of likely N-dealkylation sites (tertiary alicyclic amines) is 1. The van der Waals surface area contributed by atoms with Crippen molar-refractivity contribution >= 4 is 0 Å². The van der Waals surface area contributed by atoms with Gasteiger partial charge >= 0.3 is 0 Å². The van der Waals surface area contributed by atoms with E-state index in [9.17, 15) is 0 Å². The number of piperidine rings is 1. The van der Waals surface area contributed by atoms with Gasteiger partial charge in [-0.2, -0.15) is 0 Å². The Hall–Kier alpha value is -1.30. The van der Waals surface area contributed by atoms with Crippen LogP contribution in [0.1, 0.15) is 30.4 Å². The van der Waals surface area contributed by atoms with Crippen LogP contribution < -0.4 is 9.47 Å². The number of aryl methyl sites for hydroxylation is 1. The second-order valence-electron chi connectivity index (χ2n) is 7.46. The maximum Gasteiger partial charge on any atom is 0.161 e. The number of rotatable bonds is 4. The van der Waals surface area contributed by atoms with Crippen molar-refractivity contribution in [2.24, 2.45) is 0 Å². The van der Waals surface area contributed by atoms with E-state index in [1.807, 2.05) is 0 Å². The zero-order valence-corrected chi connectivity index (χ0v) is 15.3. The normalized spacial score (nSPS) is 25.1. The van der Waals surface area contributed by atoms with E-state index in [1.54, 1.807) is 0 Å². The highest BCUT2D eigenvalue weighted by atomic mass is 16.6. The molecule has 138 valence electrons. The van der Waals surface area contributed by atoms with Gasteiger partial charge in [-0.1, -0.05) is 6.42 Å². The molecule has 0 radical (unpaired) electrons. The fourth-order valence-electron chi connectivity index (χ4n) is 4.18. The Morgan fingerprint density at radius 2 is 1.72 bits per heavy atom. The van der Waals surface area contributed by atoms with Crippen LogP contribution in [0.25, 0.3) is 0 Å². The summed E-state index contributed by atoms with van der Waals surface area (Å²) in [6, 6.07) is 4.99. The summed E-state index contributed by atoms with van der Waals surface area (Å²) in [7, 11) is 0. The molecule has 0 unspecified atom stereocenters. The highest BCUT2D eigenvalue weighted by Gasteiger charge is 2.26. The minimum absolute atomic E-state index is 0.652. The van der Waals surface area contributed by atoms with E-state index in [2.05, 4.69) is 28.9 Å². The first-order valence-corrected chi connectivity index (χ1v) is 9.73. The molecule has 2 saturated heterocycles. The second kappa shape index (κ2) is 7.94. The fraction of sp³-hybridized carbons (Fsp3) is 0.700. The number of benzene rings is 1. The molecule has 5 nitrogen and oxygen atoms in total. The van der Waals surface area contributed by atoms with Gasteiger partial charge in [0.05, 0.1) is 13.2 Å². The van der Waals surface area contributed by atoms with Crippen LogP contribution in [0.5, 0.6) is 11.5 Å². The predicted molar refractivity (Wildman–Crippen MR) is 97.5 cm³/mol. The fourth-order valence-corrected chi connectivity index (χ4v) is 4.18. The van der Waals surface area contributed by atoms with Gasteiger partial charge in [-0.15, -0.1) is 0 Å². The Balaban J connectivity index is 1.45. The first-order valence-electron chi connectivity index (χ1n) is 9.73. The third-order valence-electron chi connectivity index (χ3n) is 5.70. The Labute approximate surface area is 150 Å². The average Bonchev–Trinajstić information content (AvgIpc) is 2.65. The molecule has 1 aromatic rings. The molecule has 3 heterocycles. The number of hydrogen-bond donors (Lipinski definition) is 0. The maximum absolute atomic E-state index is 5.79. The number of hydrogen-bond acceptors (Lipinski definition) is 5. The van der Waals surface area contributed by atoms with Crippen molar-refractivity contribution in [3.05, 3.63) is 23.3 Å². The van der Waals surface area contributed by atoms with E-state index in [0.717, 1.165) is 44.3 Å². The molecule has 0 bridgehead atoms. The van der Waals surface area contributed by atoms with Gasteiger partial charge in [0.25, 0.3) is 0 Å². The summed E-state index contributed by atoms with van der Waals surface area (Å²) in [6.45, 7) is 10.8. The summed E-state index contributed by atoms with van der Waals surface area (Å²) in [6.07, 6.45) is 3.97. The molecule has 0 spiro atoms. The van der Waals surface area contributed by atoms with Gasteiger partial charge in [0.2, 0.25) is 0 Å². The van der Waals surface area contributed by atoms with Crippen LogP contribution in [0.2, 0.25) is 0 Å². The lowest BCUT2D eigenvalue weighted by Gasteiger charge is -2.40. The van der Waals surface area contributed by atoms with E-state index in [4.69, 9.17) is 14.2 Å². The molecule has 0 N–H and O–H groups in total. The molecule has 2 fully saturated rings. The molecular weight excluding hydrogens is 316 g/mol. The monoisotopic (exact) mass is 346 g/mol. The number of morpholine rings is 1. The SMILES string of the molecule is Cc1cc2c(cc1CN1CCCC[C@H]1CN1CCOCC1)OCCO2. The number of fused-ring (bicyclic) bond motifs is 1. The zero-order chi connectivity index (χ0) is 17.1. The van der Waals surface area contributed by atoms with E-state index >= 15 is 0 Å². The quantitative estimate of drug-likeness (QED) is 0.837. The molecule has 0 saturated carbocycles. The van der Waals surface area contributed by atoms with E-state index in [1.165, 1.54) is 43.5 Å². The van der Waals surface area contributed by atoms with Gasteiger partial charge < -0.3 is 14.2 Å². The van der Waals surface area contributed by atoms with Crippen molar-refractivity contribution in [3.8, 4) is 11.5 Å². The van der Waals surface area contributed by atoms with Crippen LogP contribution in [-0.2, 0) is 11.3 Å². The van der Waals surface area contributed by atoms with Gasteiger partial charge in [0.1, 0.15) is 13.2 Å². The summed E-state index contributed by atoms with van der Waals surface area (Å²) in [5, 5.41) is 0. The van der Waals surface area contributed by atoms with Gasteiger partial charge in [0.15, 0.2) is 11.5 Å². The van der Waals surface area contributed by atoms with Gasteiger partial charge in [0, 0.05) is 32.2 Å². The predicted octanol–water partition coefficient (Wildman–Crippen LogP) is 2.45. The van der Waals surface area contributed by atoms with Crippen LogP contribution in [0.15, 0.2) is 12.1 Å². The topological polar surface area (TPSA) is 34.2 Å². The lowest BCUT2D eigenvalue weighted by atomic mass is 9.99. The van der Waals surface area contributed by atoms with Gasteiger partial charge in [-0.05, 0) is 49.6 Å². The van der Waals surface area contributed by atoms with Crippen molar-refractivity contribution in [2.75, 3.05) is 52.6 Å². The minimum Gasteiger partial charge on any atom is -0.486 e. The van der Waals surface area contributed by atoms with E-state index < -0.39 is 0 Å². The van der Waals surface area contributed by atoms with Crippen LogP contribution in [0, 0.1) is 6.92 Å². The lowest BCUT2D eigenvalue weighted by Crippen LogP contribution is -2.49. The molecule has 1 atom stereocenters. The third kappa shape index (κ3) is 4.10. The Morgan fingerprint density at radius 1 is 0.960 bits per heavy atom. The zero-order valence-electron chi connectivity index (χ0n) is 15.3. The van der Waals surface area contributed by atoms with Gasteiger partial charge in [-0.3, -0.25) is 9.80 Å². The van der Waals surface area contributed by atoms with Crippen molar-refractivity contribution in [1.29, 1.82) is 0 Å². The molecule has 5 heteroatoms. The van der Waals surface area contributed by atoms with Crippen LogP contribution in [-0.4, -0.2) is 68.4 Å².